The molecule has 0 radical (unpaired) electrons. The van der Waals surface area contributed by atoms with E-state index in [9.17, 15) is 0 Å². The third-order valence-corrected chi connectivity index (χ3v) is 1.42. The van der Waals surface area contributed by atoms with E-state index < -0.39 is 0 Å². The number of rotatable bonds is 1. The van der Waals surface area contributed by atoms with Crippen molar-refractivity contribution < 1.29 is 4.74 Å². The molecule has 0 saturated carbocycles. The fourth-order valence-corrected chi connectivity index (χ4v) is 0.849. The lowest BCUT2D eigenvalue weighted by Gasteiger charge is -1.99. The fraction of sp³-hybridized carbons (Fsp3) is 0.222. The maximum Gasteiger partial charge on any atom is 0.137 e. The van der Waals surface area contributed by atoms with Crippen molar-refractivity contribution in [1.82, 2.24) is 4.98 Å². The van der Waals surface area contributed by atoms with Crippen LogP contribution in [-0.4, -0.2) is 18.0 Å². The highest BCUT2D eigenvalue weighted by molar-refractivity contribution is 6.19. The standard InChI is InChI=1S/C9H8ClNO.ClH/c1-12-9-4-6-11-7-8(9)3-2-5-10;/h4,6-7H,5H2,1H3;1H. The van der Waals surface area contributed by atoms with Crippen LogP contribution in [0.15, 0.2) is 18.5 Å². The SMILES string of the molecule is COc1ccncc1C#CCCl.Cl. The van der Waals surface area contributed by atoms with Crippen molar-refractivity contribution in [2.24, 2.45) is 0 Å². The van der Waals surface area contributed by atoms with Crippen molar-refractivity contribution in [2.45, 2.75) is 0 Å². The van der Waals surface area contributed by atoms with Crippen LogP contribution in [0.4, 0.5) is 0 Å². The molecule has 0 spiro atoms. The van der Waals surface area contributed by atoms with Gasteiger partial charge in [0.25, 0.3) is 0 Å². The smallest absolute Gasteiger partial charge is 0.137 e. The van der Waals surface area contributed by atoms with Gasteiger partial charge in [-0.25, -0.2) is 0 Å². The molecule has 1 rings (SSSR count). The zero-order valence-electron chi connectivity index (χ0n) is 7.08. The molecule has 0 atom stereocenters. The first-order valence-electron chi connectivity index (χ1n) is 3.41. The molecule has 0 saturated heterocycles. The topological polar surface area (TPSA) is 22.1 Å². The van der Waals surface area contributed by atoms with E-state index in [-0.39, 0.29) is 12.4 Å². The summed E-state index contributed by atoms with van der Waals surface area (Å²) in [6, 6.07) is 1.76. The minimum absolute atomic E-state index is 0. The van der Waals surface area contributed by atoms with Crippen LogP contribution in [0.2, 0.25) is 0 Å². The van der Waals surface area contributed by atoms with E-state index in [1.54, 1.807) is 25.6 Å². The first-order valence-corrected chi connectivity index (χ1v) is 3.94. The Morgan fingerprint density at radius 3 is 3.00 bits per heavy atom. The number of hydrogen-bond donors (Lipinski definition) is 0. The van der Waals surface area contributed by atoms with E-state index in [1.165, 1.54) is 0 Å². The molecule has 1 heterocycles. The average molecular weight is 218 g/mol. The van der Waals surface area contributed by atoms with E-state index in [1.807, 2.05) is 0 Å². The Hall–Kier alpha value is -0.910. The monoisotopic (exact) mass is 217 g/mol. The number of nitrogens with zero attached hydrogens (tertiary/aromatic N) is 1. The van der Waals surface area contributed by atoms with Gasteiger partial charge in [0.1, 0.15) is 5.75 Å². The zero-order valence-corrected chi connectivity index (χ0v) is 8.65. The van der Waals surface area contributed by atoms with Crippen molar-refractivity contribution >= 4 is 24.0 Å². The van der Waals surface area contributed by atoms with Gasteiger partial charge in [0.05, 0.1) is 18.6 Å². The predicted octanol–water partition coefficient (Wildman–Crippen LogP) is 2.10. The van der Waals surface area contributed by atoms with Crippen LogP contribution >= 0.6 is 24.0 Å². The van der Waals surface area contributed by atoms with Crippen LogP contribution in [0.3, 0.4) is 0 Å². The maximum atomic E-state index is 5.41. The molecule has 0 aliphatic rings. The van der Waals surface area contributed by atoms with Gasteiger partial charge in [-0.2, -0.15) is 0 Å². The Balaban J connectivity index is 0.00000144. The van der Waals surface area contributed by atoms with Crippen molar-refractivity contribution in [3.05, 3.63) is 24.0 Å². The van der Waals surface area contributed by atoms with Gasteiger partial charge in [-0.05, 0) is 6.07 Å². The largest absolute Gasteiger partial charge is 0.495 e. The molecule has 4 heteroatoms. The quantitative estimate of drug-likeness (QED) is 0.532. The van der Waals surface area contributed by atoms with Gasteiger partial charge < -0.3 is 4.74 Å². The number of pyridine rings is 1. The Labute approximate surface area is 88.7 Å². The lowest BCUT2D eigenvalue weighted by molar-refractivity contribution is 0.413. The first-order chi connectivity index (χ1) is 5.88. The highest BCUT2D eigenvalue weighted by Gasteiger charge is 1.96. The average Bonchev–Trinajstić information content (AvgIpc) is 2.15. The predicted molar refractivity (Wildman–Crippen MR) is 55.6 cm³/mol. The normalized spacial score (nSPS) is 7.85. The Kier molecular flexibility index (Phi) is 6.13. The molecule has 13 heavy (non-hydrogen) atoms. The van der Waals surface area contributed by atoms with Gasteiger partial charge in [-0.15, -0.1) is 24.0 Å². The molecule has 0 aliphatic heterocycles. The summed E-state index contributed by atoms with van der Waals surface area (Å²) in [6.07, 6.45) is 3.31. The highest BCUT2D eigenvalue weighted by atomic mass is 35.5. The Morgan fingerprint density at radius 1 is 1.62 bits per heavy atom. The molecule has 0 amide bonds. The van der Waals surface area contributed by atoms with Gasteiger partial charge in [0.2, 0.25) is 0 Å². The van der Waals surface area contributed by atoms with Crippen LogP contribution < -0.4 is 4.74 Å². The molecular weight excluding hydrogens is 209 g/mol. The second-order valence-corrected chi connectivity index (χ2v) is 2.28. The van der Waals surface area contributed by atoms with Gasteiger partial charge in [0, 0.05) is 12.4 Å². The van der Waals surface area contributed by atoms with Crippen LogP contribution in [0.1, 0.15) is 5.56 Å². The zero-order chi connectivity index (χ0) is 8.81. The van der Waals surface area contributed by atoms with Gasteiger partial charge in [-0.1, -0.05) is 11.8 Å². The number of halogens is 2. The summed E-state index contributed by atoms with van der Waals surface area (Å²) in [4.78, 5) is 3.92. The van der Waals surface area contributed by atoms with Crippen LogP contribution in [0.5, 0.6) is 5.75 Å². The van der Waals surface area contributed by atoms with E-state index >= 15 is 0 Å². The van der Waals surface area contributed by atoms with Crippen LogP contribution in [0, 0.1) is 11.8 Å². The molecule has 1 aromatic heterocycles. The lowest BCUT2D eigenvalue weighted by Crippen LogP contribution is -1.88. The number of methoxy groups -OCH3 is 1. The number of hydrogen-bond acceptors (Lipinski definition) is 2. The summed E-state index contributed by atoms with van der Waals surface area (Å²) in [5, 5.41) is 0. The summed E-state index contributed by atoms with van der Waals surface area (Å²) in [5.41, 5.74) is 0.764. The molecule has 0 aromatic carbocycles. The number of alkyl halides is 1. The molecule has 0 N–H and O–H groups in total. The lowest BCUT2D eigenvalue weighted by atomic mass is 10.2. The second-order valence-electron chi connectivity index (χ2n) is 2.01. The summed E-state index contributed by atoms with van der Waals surface area (Å²) >= 11 is 5.41. The maximum absolute atomic E-state index is 5.41. The van der Waals surface area contributed by atoms with E-state index in [0.717, 1.165) is 11.3 Å². The molecular formula is C9H9Cl2NO. The molecule has 0 bridgehead atoms. The van der Waals surface area contributed by atoms with Crippen molar-refractivity contribution in [3.63, 3.8) is 0 Å². The van der Waals surface area contributed by atoms with Gasteiger partial charge in [0.15, 0.2) is 0 Å². The molecule has 0 fully saturated rings. The second kappa shape index (κ2) is 6.59. The third kappa shape index (κ3) is 3.54. The van der Waals surface area contributed by atoms with Crippen LogP contribution in [0.25, 0.3) is 0 Å². The first kappa shape index (κ1) is 12.1. The van der Waals surface area contributed by atoms with E-state index in [4.69, 9.17) is 16.3 Å². The number of ether oxygens (including phenoxy) is 1. The minimum Gasteiger partial charge on any atom is -0.495 e. The van der Waals surface area contributed by atoms with Crippen LogP contribution in [-0.2, 0) is 0 Å². The minimum atomic E-state index is 0. The molecule has 2 nitrogen and oxygen atoms in total. The van der Waals surface area contributed by atoms with Gasteiger partial charge in [-0.3, -0.25) is 4.98 Å². The summed E-state index contributed by atoms with van der Waals surface area (Å²) in [6.45, 7) is 0. The molecule has 0 aliphatic carbocycles. The Morgan fingerprint density at radius 2 is 2.38 bits per heavy atom. The van der Waals surface area contributed by atoms with E-state index in [2.05, 4.69) is 16.8 Å². The Bertz CT molecular complexity index is 317. The third-order valence-electron chi connectivity index (χ3n) is 1.29. The van der Waals surface area contributed by atoms with Crippen molar-refractivity contribution in [2.75, 3.05) is 13.0 Å². The van der Waals surface area contributed by atoms with Crippen molar-refractivity contribution in [1.29, 1.82) is 0 Å². The van der Waals surface area contributed by atoms with Gasteiger partial charge >= 0.3 is 0 Å². The summed E-state index contributed by atoms with van der Waals surface area (Å²) in [7, 11) is 1.60. The fourth-order valence-electron chi connectivity index (χ4n) is 0.782. The summed E-state index contributed by atoms with van der Waals surface area (Å²) in [5.74, 6) is 6.62. The highest BCUT2D eigenvalue weighted by Crippen LogP contribution is 2.13. The molecule has 70 valence electrons. The number of aromatic nitrogens is 1. The molecule has 0 unspecified atom stereocenters. The van der Waals surface area contributed by atoms with Crippen molar-refractivity contribution in [3.8, 4) is 17.6 Å². The van der Waals surface area contributed by atoms with E-state index in [0.29, 0.717) is 5.88 Å². The molecule has 1 aromatic rings. The summed E-state index contributed by atoms with van der Waals surface area (Å²) < 4.78 is 5.06.